The summed E-state index contributed by atoms with van der Waals surface area (Å²) >= 11 is 1.37. The largest absolute Gasteiger partial charge is 0.507 e. The molecule has 1 atom stereocenters. The van der Waals surface area contributed by atoms with Crippen LogP contribution in [0, 0.1) is 13.8 Å². The Morgan fingerprint density at radius 2 is 1.87 bits per heavy atom. The van der Waals surface area contributed by atoms with E-state index in [1.807, 2.05) is 25.3 Å². The van der Waals surface area contributed by atoms with Crippen LogP contribution in [0.15, 0.2) is 59.5 Å². The number of ketones is 1. The van der Waals surface area contributed by atoms with Crippen LogP contribution in [0.5, 0.6) is 11.5 Å². The van der Waals surface area contributed by atoms with Gasteiger partial charge in [0.25, 0.3) is 11.7 Å². The number of anilines is 1. The fourth-order valence-electron chi connectivity index (χ4n) is 3.80. The molecule has 2 aromatic carbocycles. The average molecular weight is 436 g/mol. The van der Waals surface area contributed by atoms with Gasteiger partial charge in [-0.05, 0) is 66.8 Å². The molecule has 1 fully saturated rings. The lowest BCUT2D eigenvalue weighted by molar-refractivity contribution is -0.132. The minimum Gasteiger partial charge on any atom is -0.507 e. The Labute approximate surface area is 183 Å². The fraction of sp³-hybridized carbons (Fsp3) is 0.167. The first-order valence-corrected chi connectivity index (χ1v) is 10.5. The maximum atomic E-state index is 13.1. The minimum atomic E-state index is -0.852. The summed E-state index contributed by atoms with van der Waals surface area (Å²) in [7, 11) is 1.55. The van der Waals surface area contributed by atoms with E-state index in [1.54, 1.807) is 43.5 Å². The molecule has 158 valence electrons. The van der Waals surface area contributed by atoms with Crippen LogP contribution in [0.4, 0.5) is 5.69 Å². The number of thiophene rings is 1. The molecular weight excluding hydrogens is 414 g/mol. The first kappa shape index (κ1) is 20.7. The van der Waals surface area contributed by atoms with Crippen molar-refractivity contribution in [2.24, 2.45) is 0 Å². The molecule has 2 heterocycles. The molecule has 0 radical (unpaired) electrons. The van der Waals surface area contributed by atoms with Crippen molar-refractivity contribution in [2.45, 2.75) is 19.9 Å². The summed E-state index contributed by atoms with van der Waals surface area (Å²) in [6.45, 7) is 3.66. The molecule has 0 saturated carbocycles. The molecule has 6 nitrogen and oxygen atoms in total. The molecule has 1 aliphatic rings. The number of carbonyl (C=O) groups is 2. The Morgan fingerprint density at radius 1 is 1.10 bits per heavy atom. The van der Waals surface area contributed by atoms with Crippen molar-refractivity contribution in [3.63, 3.8) is 0 Å². The third kappa shape index (κ3) is 3.47. The number of ether oxygens (including phenoxy) is 1. The van der Waals surface area contributed by atoms with Crippen molar-refractivity contribution in [2.75, 3.05) is 12.0 Å². The molecule has 1 aromatic heterocycles. The molecule has 1 unspecified atom stereocenters. The van der Waals surface area contributed by atoms with E-state index in [0.29, 0.717) is 16.2 Å². The van der Waals surface area contributed by atoms with Gasteiger partial charge in [-0.1, -0.05) is 12.1 Å². The van der Waals surface area contributed by atoms with Crippen molar-refractivity contribution >= 4 is 34.5 Å². The number of benzene rings is 2. The number of carbonyl (C=O) groups excluding carboxylic acids is 2. The monoisotopic (exact) mass is 435 g/mol. The standard InChI is InChI=1S/C24H21NO5S/c1-13-6-8-17(26)16(11-13)25-21(19-5-4-10-31-19)20(23(28)24(25)29)22(27)15-7-9-18(30-3)14(2)12-15/h4-12,21,26-27H,1-3H3/b22-20-. The molecule has 7 heteroatoms. The van der Waals surface area contributed by atoms with E-state index in [1.165, 1.54) is 22.3 Å². The maximum absolute atomic E-state index is 13.1. The molecule has 4 rings (SSSR count). The Morgan fingerprint density at radius 3 is 2.52 bits per heavy atom. The number of aromatic hydroxyl groups is 1. The molecule has 0 bridgehead atoms. The molecule has 1 amide bonds. The molecule has 31 heavy (non-hydrogen) atoms. The summed E-state index contributed by atoms with van der Waals surface area (Å²) in [5, 5.41) is 23.4. The van der Waals surface area contributed by atoms with Crippen LogP contribution in [0.3, 0.4) is 0 Å². The summed E-state index contributed by atoms with van der Waals surface area (Å²) in [6.07, 6.45) is 0. The van der Waals surface area contributed by atoms with E-state index in [4.69, 9.17) is 4.74 Å². The lowest BCUT2D eigenvalue weighted by Gasteiger charge is -2.25. The van der Waals surface area contributed by atoms with Crippen LogP contribution in [0.25, 0.3) is 5.76 Å². The summed E-state index contributed by atoms with van der Waals surface area (Å²) in [5.41, 5.74) is 2.23. The number of methoxy groups -OCH3 is 1. The van der Waals surface area contributed by atoms with Gasteiger partial charge in [-0.25, -0.2) is 0 Å². The van der Waals surface area contributed by atoms with E-state index in [9.17, 15) is 19.8 Å². The summed E-state index contributed by atoms with van der Waals surface area (Å²) < 4.78 is 5.27. The smallest absolute Gasteiger partial charge is 0.300 e. The third-order valence-electron chi connectivity index (χ3n) is 5.32. The molecule has 0 spiro atoms. The highest BCUT2D eigenvalue weighted by Gasteiger charge is 2.48. The second-order valence-electron chi connectivity index (χ2n) is 7.36. The average Bonchev–Trinajstić information content (AvgIpc) is 3.36. The molecule has 1 aliphatic heterocycles. The van der Waals surface area contributed by atoms with Crippen molar-refractivity contribution in [3.8, 4) is 11.5 Å². The third-order valence-corrected chi connectivity index (χ3v) is 6.24. The first-order valence-electron chi connectivity index (χ1n) is 9.62. The zero-order valence-electron chi connectivity index (χ0n) is 17.2. The predicted octanol–water partition coefficient (Wildman–Crippen LogP) is 4.71. The minimum absolute atomic E-state index is 0.0158. The normalized spacial score (nSPS) is 17.9. The Balaban J connectivity index is 1.94. The molecule has 3 aromatic rings. The van der Waals surface area contributed by atoms with Crippen LogP contribution in [0.2, 0.25) is 0 Å². The Hall–Kier alpha value is -3.58. The second-order valence-corrected chi connectivity index (χ2v) is 8.34. The topological polar surface area (TPSA) is 87.1 Å². The van der Waals surface area contributed by atoms with Crippen LogP contribution in [-0.4, -0.2) is 29.0 Å². The van der Waals surface area contributed by atoms with Crippen LogP contribution >= 0.6 is 11.3 Å². The van der Waals surface area contributed by atoms with E-state index in [2.05, 4.69) is 0 Å². The van der Waals surface area contributed by atoms with Gasteiger partial charge in [0.05, 0.1) is 18.4 Å². The van der Waals surface area contributed by atoms with Crippen LogP contribution < -0.4 is 9.64 Å². The molecule has 2 N–H and O–H groups in total. The van der Waals surface area contributed by atoms with Gasteiger partial charge in [-0.15, -0.1) is 11.3 Å². The van der Waals surface area contributed by atoms with Gasteiger partial charge in [0.2, 0.25) is 0 Å². The Bertz CT molecular complexity index is 1210. The highest BCUT2D eigenvalue weighted by atomic mass is 32.1. The number of phenolic OH excluding ortho intramolecular Hbond substituents is 1. The number of aryl methyl sites for hydroxylation is 2. The highest BCUT2D eigenvalue weighted by molar-refractivity contribution is 7.10. The number of hydrogen-bond acceptors (Lipinski definition) is 6. The number of aliphatic hydroxyl groups is 1. The zero-order valence-corrected chi connectivity index (χ0v) is 18.1. The van der Waals surface area contributed by atoms with E-state index >= 15 is 0 Å². The quantitative estimate of drug-likeness (QED) is 0.352. The van der Waals surface area contributed by atoms with Gasteiger partial charge in [0.15, 0.2) is 0 Å². The van der Waals surface area contributed by atoms with Gasteiger partial charge in [-0.2, -0.15) is 0 Å². The van der Waals surface area contributed by atoms with E-state index in [0.717, 1.165) is 11.1 Å². The number of aliphatic hydroxyl groups excluding tert-OH is 1. The molecule has 1 saturated heterocycles. The van der Waals surface area contributed by atoms with Crippen molar-refractivity contribution < 1.29 is 24.5 Å². The fourth-order valence-corrected chi connectivity index (χ4v) is 4.63. The predicted molar refractivity (Wildman–Crippen MR) is 120 cm³/mol. The van der Waals surface area contributed by atoms with Gasteiger partial charge in [0.1, 0.15) is 23.3 Å². The Kier molecular flexibility index (Phi) is 5.29. The van der Waals surface area contributed by atoms with Crippen LogP contribution in [-0.2, 0) is 9.59 Å². The second kappa shape index (κ2) is 7.92. The highest BCUT2D eigenvalue weighted by Crippen LogP contribution is 2.46. The van der Waals surface area contributed by atoms with E-state index in [-0.39, 0.29) is 22.8 Å². The zero-order chi connectivity index (χ0) is 22.3. The number of hydrogen-bond donors (Lipinski definition) is 2. The summed E-state index contributed by atoms with van der Waals surface area (Å²) in [6, 6.07) is 12.7. The number of rotatable bonds is 4. The van der Waals surface area contributed by atoms with Crippen LogP contribution in [0.1, 0.15) is 27.6 Å². The van der Waals surface area contributed by atoms with Gasteiger partial charge in [-0.3, -0.25) is 14.5 Å². The summed E-state index contributed by atoms with van der Waals surface area (Å²) in [5.74, 6) is -1.33. The van der Waals surface area contributed by atoms with E-state index < -0.39 is 17.7 Å². The summed E-state index contributed by atoms with van der Waals surface area (Å²) in [4.78, 5) is 28.2. The van der Waals surface area contributed by atoms with Crippen molar-refractivity contribution in [1.82, 2.24) is 0 Å². The van der Waals surface area contributed by atoms with Crippen molar-refractivity contribution in [1.29, 1.82) is 0 Å². The van der Waals surface area contributed by atoms with Crippen molar-refractivity contribution in [3.05, 3.63) is 81.1 Å². The molecule has 0 aliphatic carbocycles. The number of phenols is 1. The SMILES string of the molecule is COc1ccc(/C(O)=C2/C(=O)C(=O)N(c3cc(C)ccc3O)C2c2cccs2)cc1C. The van der Waals surface area contributed by atoms with Gasteiger partial charge in [0, 0.05) is 10.4 Å². The molecular formula is C24H21NO5S. The number of Topliss-reactive ketones (excluding diaryl/α,β-unsaturated/α-hetero) is 1. The lowest BCUT2D eigenvalue weighted by Crippen LogP contribution is -2.29. The van der Waals surface area contributed by atoms with Gasteiger partial charge >= 0.3 is 0 Å². The lowest BCUT2D eigenvalue weighted by atomic mass is 9.98. The number of amides is 1. The van der Waals surface area contributed by atoms with Gasteiger partial charge < -0.3 is 14.9 Å². The maximum Gasteiger partial charge on any atom is 0.300 e. The number of nitrogens with zero attached hydrogens (tertiary/aromatic N) is 1. The first-order chi connectivity index (χ1) is 14.8.